The summed E-state index contributed by atoms with van der Waals surface area (Å²) in [4.78, 5) is 19.6. The number of carbonyl (C=O) groups is 1. The number of anilines is 2. The van der Waals surface area contributed by atoms with Crippen molar-refractivity contribution in [2.24, 2.45) is 0 Å². The molecule has 0 radical (unpaired) electrons. The molecular formula is C11H10N4O2S. The van der Waals surface area contributed by atoms with E-state index in [0.717, 1.165) is 11.8 Å². The van der Waals surface area contributed by atoms with Gasteiger partial charge in [0.05, 0.1) is 5.56 Å². The van der Waals surface area contributed by atoms with Gasteiger partial charge in [0, 0.05) is 11.0 Å². The fourth-order valence-electron chi connectivity index (χ4n) is 1.34. The van der Waals surface area contributed by atoms with Gasteiger partial charge in [0.15, 0.2) is 5.16 Å². The van der Waals surface area contributed by atoms with Gasteiger partial charge in [-0.25, -0.2) is 14.8 Å². The lowest BCUT2D eigenvalue weighted by Crippen LogP contribution is -2.01. The Morgan fingerprint density at radius 1 is 1.17 bits per heavy atom. The Hall–Kier alpha value is -2.28. The number of rotatable bonds is 3. The first kappa shape index (κ1) is 12.2. The molecule has 2 rings (SSSR count). The number of benzene rings is 1. The van der Waals surface area contributed by atoms with Crippen molar-refractivity contribution in [3.8, 4) is 0 Å². The van der Waals surface area contributed by atoms with E-state index < -0.39 is 5.97 Å². The highest BCUT2D eigenvalue weighted by atomic mass is 32.2. The normalized spacial score (nSPS) is 10.2. The molecule has 1 heterocycles. The average Bonchev–Trinajstić information content (AvgIpc) is 2.27. The Morgan fingerprint density at radius 3 is 2.39 bits per heavy atom. The summed E-state index contributed by atoms with van der Waals surface area (Å²) < 4.78 is 0. The lowest BCUT2D eigenvalue weighted by atomic mass is 10.2. The topological polar surface area (TPSA) is 115 Å². The van der Waals surface area contributed by atoms with Crippen molar-refractivity contribution in [1.82, 2.24) is 9.97 Å². The summed E-state index contributed by atoms with van der Waals surface area (Å²) in [6.07, 6.45) is 0. The number of hydrogen-bond acceptors (Lipinski definition) is 6. The van der Waals surface area contributed by atoms with E-state index in [-0.39, 0.29) is 17.2 Å². The number of nitrogens with zero attached hydrogens (tertiary/aromatic N) is 2. The molecule has 0 aliphatic rings. The molecule has 0 aliphatic carbocycles. The summed E-state index contributed by atoms with van der Waals surface area (Å²) in [5, 5.41) is 9.37. The van der Waals surface area contributed by atoms with Crippen LogP contribution in [0.25, 0.3) is 0 Å². The van der Waals surface area contributed by atoms with Crippen LogP contribution in [0, 0.1) is 0 Å². The third kappa shape index (κ3) is 2.69. The summed E-state index contributed by atoms with van der Waals surface area (Å²) in [6.45, 7) is 0. The molecule has 0 unspecified atom stereocenters. The molecule has 0 aliphatic heterocycles. The second kappa shape index (κ2) is 4.92. The van der Waals surface area contributed by atoms with E-state index in [0.29, 0.717) is 10.1 Å². The Balaban J connectivity index is 2.37. The van der Waals surface area contributed by atoms with Crippen molar-refractivity contribution in [3.63, 3.8) is 0 Å². The smallest absolute Gasteiger partial charge is 0.336 e. The first-order valence-corrected chi connectivity index (χ1v) is 5.78. The molecule has 0 fully saturated rings. The van der Waals surface area contributed by atoms with Gasteiger partial charge in [0.2, 0.25) is 0 Å². The minimum atomic E-state index is -1.00. The molecule has 18 heavy (non-hydrogen) atoms. The van der Waals surface area contributed by atoms with Gasteiger partial charge < -0.3 is 16.6 Å². The number of hydrogen-bond donors (Lipinski definition) is 3. The minimum absolute atomic E-state index is 0.187. The van der Waals surface area contributed by atoms with Crippen LogP contribution in [0.1, 0.15) is 10.4 Å². The molecule has 7 heteroatoms. The quantitative estimate of drug-likeness (QED) is 0.717. The van der Waals surface area contributed by atoms with Crippen molar-refractivity contribution >= 4 is 29.4 Å². The molecule has 92 valence electrons. The highest BCUT2D eigenvalue weighted by Crippen LogP contribution is 2.28. The van der Waals surface area contributed by atoms with Crippen LogP contribution in [0.4, 0.5) is 11.6 Å². The number of carboxylic acid groups (broad SMARTS) is 1. The van der Waals surface area contributed by atoms with Gasteiger partial charge in [-0.15, -0.1) is 0 Å². The van der Waals surface area contributed by atoms with Gasteiger partial charge >= 0.3 is 5.97 Å². The molecule has 1 aromatic heterocycles. The van der Waals surface area contributed by atoms with Crippen LogP contribution in [0.15, 0.2) is 40.4 Å². The zero-order valence-corrected chi connectivity index (χ0v) is 10.0. The van der Waals surface area contributed by atoms with E-state index in [1.54, 1.807) is 18.2 Å². The lowest BCUT2D eigenvalue weighted by molar-refractivity contribution is 0.0693. The highest BCUT2D eigenvalue weighted by molar-refractivity contribution is 7.99. The van der Waals surface area contributed by atoms with Crippen LogP contribution in [0.5, 0.6) is 0 Å². The Labute approximate surface area is 107 Å². The average molecular weight is 262 g/mol. The van der Waals surface area contributed by atoms with E-state index in [2.05, 4.69) is 9.97 Å². The summed E-state index contributed by atoms with van der Waals surface area (Å²) in [5.74, 6) is -0.509. The zero-order chi connectivity index (χ0) is 13.1. The van der Waals surface area contributed by atoms with Crippen LogP contribution >= 0.6 is 11.8 Å². The monoisotopic (exact) mass is 262 g/mol. The maximum Gasteiger partial charge on any atom is 0.336 e. The van der Waals surface area contributed by atoms with Crippen LogP contribution in [0.3, 0.4) is 0 Å². The van der Waals surface area contributed by atoms with Crippen LogP contribution in [0.2, 0.25) is 0 Å². The van der Waals surface area contributed by atoms with Crippen molar-refractivity contribution in [2.75, 3.05) is 11.5 Å². The highest BCUT2D eigenvalue weighted by Gasteiger charge is 2.12. The fraction of sp³-hybridized carbons (Fsp3) is 0. The van der Waals surface area contributed by atoms with Crippen molar-refractivity contribution < 1.29 is 9.90 Å². The second-order valence-electron chi connectivity index (χ2n) is 3.40. The number of aromatic nitrogens is 2. The second-order valence-corrected chi connectivity index (χ2v) is 4.41. The van der Waals surface area contributed by atoms with Gasteiger partial charge in [-0.1, -0.05) is 12.1 Å². The molecule has 0 saturated carbocycles. The SMILES string of the molecule is Nc1cc(N)nc(Sc2ccccc2C(=O)O)n1. The molecule has 0 atom stereocenters. The van der Waals surface area contributed by atoms with Gasteiger partial charge in [-0.2, -0.15) is 0 Å². The van der Waals surface area contributed by atoms with Crippen LogP contribution in [-0.4, -0.2) is 21.0 Å². The van der Waals surface area contributed by atoms with E-state index in [4.69, 9.17) is 16.6 Å². The first-order valence-electron chi connectivity index (χ1n) is 4.96. The predicted molar refractivity (Wildman–Crippen MR) is 68.4 cm³/mol. The summed E-state index contributed by atoms with van der Waals surface area (Å²) >= 11 is 1.11. The summed E-state index contributed by atoms with van der Waals surface area (Å²) in [6, 6.07) is 8.02. The summed E-state index contributed by atoms with van der Waals surface area (Å²) in [5.41, 5.74) is 11.3. The van der Waals surface area contributed by atoms with Gasteiger partial charge in [0.25, 0.3) is 0 Å². The van der Waals surface area contributed by atoms with E-state index in [1.165, 1.54) is 12.1 Å². The predicted octanol–water partition coefficient (Wildman–Crippen LogP) is 1.49. The third-order valence-corrected chi connectivity index (χ3v) is 3.01. The molecule has 0 saturated heterocycles. The maximum atomic E-state index is 11.0. The molecule has 6 nitrogen and oxygen atoms in total. The van der Waals surface area contributed by atoms with Crippen molar-refractivity contribution in [1.29, 1.82) is 0 Å². The lowest BCUT2D eigenvalue weighted by Gasteiger charge is -2.05. The Bertz CT molecular complexity index is 583. The van der Waals surface area contributed by atoms with Gasteiger partial charge in [-0.3, -0.25) is 0 Å². The van der Waals surface area contributed by atoms with E-state index >= 15 is 0 Å². The molecular weight excluding hydrogens is 252 g/mol. The molecule has 0 bridgehead atoms. The molecule has 2 aromatic rings. The molecule has 1 aromatic carbocycles. The third-order valence-electron chi connectivity index (χ3n) is 2.06. The van der Waals surface area contributed by atoms with Crippen LogP contribution < -0.4 is 11.5 Å². The number of carboxylic acids is 1. The summed E-state index contributed by atoms with van der Waals surface area (Å²) in [7, 11) is 0. The molecule has 0 spiro atoms. The zero-order valence-electron chi connectivity index (χ0n) is 9.20. The van der Waals surface area contributed by atoms with E-state index in [9.17, 15) is 4.79 Å². The number of nitrogens with two attached hydrogens (primary N) is 2. The maximum absolute atomic E-state index is 11.0. The Kier molecular flexibility index (Phi) is 3.33. The molecule has 5 N–H and O–H groups in total. The standard InChI is InChI=1S/C11H10N4O2S/c12-8-5-9(13)15-11(14-8)18-7-4-2-1-3-6(7)10(16)17/h1-5H,(H,16,17)(H4,12,13,14,15). The number of aromatic carboxylic acids is 1. The van der Waals surface area contributed by atoms with Crippen molar-refractivity contribution in [3.05, 3.63) is 35.9 Å². The first-order chi connectivity index (χ1) is 8.56. The minimum Gasteiger partial charge on any atom is -0.478 e. The van der Waals surface area contributed by atoms with Gasteiger partial charge in [0.1, 0.15) is 11.6 Å². The van der Waals surface area contributed by atoms with E-state index in [1.807, 2.05) is 0 Å². The molecule has 0 amide bonds. The van der Waals surface area contributed by atoms with Crippen molar-refractivity contribution in [2.45, 2.75) is 10.1 Å². The van der Waals surface area contributed by atoms with Gasteiger partial charge in [-0.05, 0) is 23.9 Å². The Morgan fingerprint density at radius 2 is 1.78 bits per heavy atom. The number of nitrogen functional groups attached to an aromatic ring is 2. The fourth-order valence-corrected chi connectivity index (χ4v) is 2.25. The van der Waals surface area contributed by atoms with Crippen LogP contribution in [-0.2, 0) is 0 Å². The largest absolute Gasteiger partial charge is 0.478 e.